The molecule has 0 aliphatic heterocycles. The zero-order chi connectivity index (χ0) is 24.1. The van der Waals surface area contributed by atoms with Gasteiger partial charge in [0.1, 0.15) is 0 Å². The summed E-state index contributed by atoms with van der Waals surface area (Å²) in [7, 11) is 1.49. The number of para-hydroxylation sites is 1. The lowest BCUT2D eigenvalue weighted by Gasteiger charge is -2.14. The van der Waals surface area contributed by atoms with E-state index >= 15 is 0 Å². The van der Waals surface area contributed by atoms with E-state index in [2.05, 4.69) is 11.7 Å². The molecular formula is C27H23N3O4. The van der Waals surface area contributed by atoms with E-state index in [0.717, 1.165) is 5.56 Å². The molecule has 0 atom stereocenters. The minimum Gasteiger partial charge on any atom is -0.493 e. The molecule has 1 heterocycles. The monoisotopic (exact) mass is 453 g/mol. The van der Waals surface area contributed by atoms with E-state index in [4.69, 9.17) is 14.5 Å². The molecule has 3 aromatic carbocycles. The van der Waals surface area contributed by atoms with Gasteiger partial charge >= 0.3 is 5.97 Å². The summed E-state index contributed by atoms with van der Waals surface area (Å²) in [4.78, 5) is 29.6. The molecule has 0 aliphatic rings. The summed E-state index contributed by atoms with van der Waals surface area (Å²) in [6.45, 7) is 5.10. The van der Waals surface area contributed by atoms with Crippen molar-refractivity contribution in [2.75, 3.05) is 7.11 Å². The summed E-state index contributed by atoms with van der Waals surface area (Å²) in [5.74, 6) is 0.687. The second kappa shape index (κ2) is 9.95. The van der Waals surface area contributed by atoms with Crippen molar-refractivity contribution in [3.63, 3.8) is 0 Å². The van der Waals surface area contributed by atoms with Crippen LogP contribution in [0.1, 0.15) is 18.1 Å². The van der Waals surface area contributed by atoms with Crippen LogP contribution in [0.4, 0.5) is 0 Å². The van der Waals surface area contributed by atoms with E-state index in [1.165, 1.54) is 18.7 Å². The van der Waals surface area contributed by atoms with E-state index in [0.29, 0.717) is 45.8 Å². The standard InChI is InChI=1S/C27H23N3O4/c1-4-10-21-15-19(16-24(33-3)25(21)34-18(2)31)17-28-30-26(20-11-6-5-7-12-20)29-23-14-9-8-13-22(23)27(30)32/h4-9,11-17H,1,10H2,2-3H3. The Hall–Kier alpha value is -4.52. The molecule has 0 spiro atoms. The molecule has 0 saturated heterocycles. The predicted octanol–water partition coefficient (Wildman–Crippen LogP) is 4.61. The van der Waals surface area contributed by atoms with Gasteiger partial charge in [-0.05, 0) is 36.2 Å². The summed E-state index contributed by atoms with van der Waals surface area (Å²) in [6.07, 6.45) is 3.71. The Bertz CT molecular complexity index is 1460. The smallest absolute Gasteiger partial charge is 0.308 e. The Morgan fingerprint density at radius 1 is 1.12 bits per heavy atom. The Kier molecular flexibility index (Phi) is 6.64. The van der Waals surface area contributed by atoms with Gasteiger partial charge in [-0.15, -0.1) is 6.58 Å². The van der Waals surface area contributed by atoms with Gasteiger partial charge in [-0.25, -0.2) is 4.98 Å². The maximum Gasteiger partial charge on any atom is 0.308 e. The van der Waals surface area contributed by atoms with Crippen LogP contribution in [0.15, 0.2) is 89.3 Å². The normalized spacial score (nSPS) is 11.0. The fourth-order valence-electron chi connectivity index (χ4n) is 3.61. The topological polar surface area (TPSA) is 82.8 Å². The highest BCUT2D eigenvalue weighted by Gasteiger charge is 2.15. The number of aromatic nitrogens is 2. The Morgan fingerprint density at radius 2 is 1.85 bits per heavy atom. The molecule has 34 heavy (non-hydrogen) atoms. The van der Waals surface area contributed by atoms with Crippen LogP contribution in [-0.4, -0.2) is 29.0 Å². The molecule has 0 saturated carbocycles. The van der Waals surface area contributed by atoms with Gasteiger partial charge in [-0.3, -0.25) is 9.59 Å². The zero-order valence-corrected chi connectivity index (χ0v) is 18.9. The number of benzene rings is 3. The average molecular weight is 453 g/mol. The van der Waals surface area contributed by atoms with Crippen molar-refractivity contribution in [1.29, 1.82) is 0 Å². The number of rotatable bonds is 7. The van der Waals surface area contributed by atoms with Crippen LogP contribution in [0, 0.1) is 0 Å². The minimum atomic E-state index is -0.452. The first-order valence-corrected chi connectivity index (χ1v) is 10.6. The van der Waals surface area contributed by atoms with Crippen molar-refractivity contribution in [1.82, 2.24) is 9.66 Å². The number of methoxy groups -OCH3 is 1. The van der Waals surface area contributed by atoms with Gasteiger partial charge in [-0.1, -0.05) is 48.5 Å². The minimum absolute atomic E-state index is 0.282. The van der Waals surface area contributed by atoms with Gasteiger partial charge in [0.05, 0.1) is 24.2 Å². The molecule has 0 unspecified atom stereocenters. The molecule has 0 amide bonds. The largest absolute Gasteiger partial charge is 0.493 e. The number of hydrogen-bond donors (Lipinski definition) is 0. The first kappa shape index (κ1) is 22.7. The highest BCUT2D eigenvalue weighted by Crippen LogP contribution is 2.33. The van der Waals surface area contributed by atoms with Gasteiger partial charge in [0, 0.05) is 18.1 Å². The average Bonchev–Trinajstić information content (AvgIpc) is 2.85. The van der Waals surface area contributed by atoms with Gasteiger partial charge in [0.15, 0.2) is 17.3 Å². The molecule has 4 aromatic rings. The lowest BCUT2D eigenvalue weighted by molar-refractivity contribution is -0.132. The Balaban J connectivity index is 1.88. The van der Waals surface area contributed by atoms with E-state index in [1.54, 1.807) is 36.6 Å². The van der Waals surface area contributed by atoms with E-state index in [9.17, 15) is 9.59 Å². The molecule has 0 radical (unpaired) electrons. The van der Waals surface area contributed by atoms with Crippen LogP contribution in [0.2, 0.25) is 0 Å². The molecular weight excluding hydrogens is 430 g/mol. The molecule has 7 nitrogen and oxygen atoms in total. The van der Waals surface area contributed by atoms with Crippen LogP contribution in [-0.2, 0) is 11.2 Å². The Morgan fingerprint density at radius 3 is 2.56 bits per heavy atom. The number of allylic oxidation sites excluding steroid dienone is 1. The van der Waals surface area contributed by atoms with Crippen molar-refractivity contribution >= 4 is 23.1 Å². The third-order valence-corrected chi connectivity index (χ3v) is 5.09. The third-order valence-electron chi connectivity index (χ3n) is 5.09. The van der Waals surface area contributed by atoms with Crippen molar-refractivity contribution in [2.45, 2.75) is 13.3 Å². The lowest BCUT2D eigenvalue weighted by atomic mass is 10.1. The Labute approximate surface area is 196 Å². The SMILES string of the molecule is C=CCc1cc(C=Nn2c(-c3ccccc3)nc3ccccc3c2=O)cc(OC)c1OC(C)=O. The maximum absolute atomic E-state index is 13.3. The van der Waals surface area contributed by atoms with E-state index in [1.807, 2.05) is 42.5 Å². The number of esters is 1. The van der Waals surface area contributed by atoms with E-state index < -0.39 is 5.97 Å². The van der Waals surface area contributed by atoms with Crippen LogP contribution in [0.3, 0.4) is 0 Å². The summed E-state index contributed by atoms with van der Waals surface area (Å²) in [5, 5.41) is 4.96. The molecule has 1 aromatic heterocycles. The van der Waals surface area contributed by atoms with Gasteiger partial charge in [0.2, 0.25) is 0 Å². The zero-order valence-electron chi connectivity index (χ0n) is 18.9. The second-order valence-electron chi connectivity index (χ2n) is 7.48. The molecule has 4 rings (SSSR count). The second-order valence-corrected chi connectivity index (χ2v) is 7.48. The number of fused-ring (bicyclic) bond motifs is 1. The predicted molar refractivity (Wildman–Crippen MR) is 133 cm³/mol. The molecule has 7 heteroatoms. The van der Waals surface area contributed by atoms with Crippen molar-refractivity contribution in [2.24, 2.45) is 5.10 Å². The first-order chi connectivity index (χ1) is 16.5. The van der Waals surface area contributed by atoms with Crippen LogP contribution in [0.5, 0.6) is 11.5 Å². The van der Waals surface area contributed by atoms with Gasteiger partial charge in [0.25, 0.3) is 5.56 Å². The highest BCUT2D eigenvalue weighted by atomic mass is 16.6. The van der Waals surface area contributed by atoms with Crippen molar-refractivity contribution in [3.05, 3.63) is 101 Å². The van der Waals surface area contributed by atoms with E-state index in [-0.39, 0.29) is 5.56 Å². The molecule has 0 fully saturated rings. The van der Waals surface area contributed by atoms with Crippen LogP contribution in [0.25, 0.3) is 22.3 Å². The fraction of sp³-hybridized carbons (Fsp3) is 0.111. The first-order valence-electron chi connectivity index (χ1n) is 10.6. The summed E-state index contributed by atoms with van der Waals surface area (Å²) >= 11 is 0. The highest BCUT2D eigenvalue weighted by molar-refractivity contribution is 5.84. The summed E-state index contributed by atoms with van der Waals surface area (Å²) in [5.41, 5.74) is 2.44. The number of carbonyl (C=O) groups excluding carboxylic acids is 1. The molecule has 0 aliphatic carbocycles. The fourth-order valence-corrected chi connectivity index (χ4v) is 3.61. The maximum atomic E-state index is 13.3. The number of hydrogen-bond acceptors (Lipinski definition) is 6. The number of nitrogens with zero attached hydrogens (tertiary/aromatic N) is 3. The van der Waals surface area contributed by atoms with Gasteiger partial charge in [-0.2, -0.15) is 9.78 Å². The van der Waals surface area contributed by atoms with Gasteiger partial charge < -0.3 is 9.47 Å². The number of carbonyl (C=O) groups is 1. The molecule has 0 N–H and O–H groups in total. The number of ether oxygens (including phenoxy) is 2. The third kappa shape index (κ3) is 4.63. The summed E-state index contributed by atoms with van der Waals surface area (Å²) < 4.78 is 12.1. The quantitative estimate of drug-likeness (QED) is 0.177. The lowest BCUT2D eigenvalue weighted by Crippen LogP contribution is -2.20. The van der Waals surface area contributed by atoms with Crippen molar-refractivity contribution < 1.29 is 14.3 Å². The molecule has 170 valence electrons. The van der Waals surface area contributed by atoms with Crippen LogP contribution >= 0.6 is 0 Å². The van der Waals surface area contributed by atoms with Crippen molar-refractivity contribution in [3.8, 4) is 22.9 Å². The molecule has 0 bridgehead atoms. The van der Waals surface area contributed by atoms with Crippen LogP contribution < -0.4 is 15.0 Å². The summed E-state index contributed by atoms with van der Waals surface area (Å²) in [6, 6.07) is 20.1.